The maximum absolute atomic E-state index is 11.3. The Morgan fingerprint density at radius 3 is 2.00 bits per heavy atom. The molecule has 1 atom stereocenters. The number of carbonyl (C=O) groups excluding carboxylic acids is 2. The van der Waals surface area contributed by atoms with Crippen molar-refractivity contribution in [1.82, 2.24) is 0 Å². The molecule has 2 amide bonds. The van der Waals surface area contributed by atoms with Crippen LogP contribution >= 0.6 is 0 Å². The van der Waals surface area contributed by atoms with Crippen molar-refractivity contribution in [3.63, 3.8) is 0 Å². The molecule has 0 radical (unpaired) electrons. The lowest BCUT2D eigenvalue weighted by atomic mass is 10.2. The number of anilines is 1. The average Bonchev–Trinajstić information content (AvgIpc) is 2.59. The summed E-state index contributed by atoms with van der Waals surface area (Å²) in [5.41, 5.74) is 0.473. The zero-order chi connectivity index (χ0) is 11.7. The van der Waals surface area contributed by atoms with Crippen LogP contribution in [0.2, 0.25) is 0 Å². The second-order valence-electron chi connectivity index (χ2n) is 3.20. The average molecular weight is 220 g/mol. The molecule has 2 rings (SSSR count). The Morgan fingerprint density at radius 2 is 1.56 bits per heavy atom. The molecule has 0 aliphatic carbocycles. The summed E-state index contributed by atoms with van der Waals surface area (Å²) in [5, 5.41) is 18.2. The molecule has 1 heterocycles. The number of nitrogens with one attached hydrogen (secondary N) is 1. The highest BCUT2D eigenvalue weighted by Crippen LogP contribution is 2.19. The first-order chi connectivity index (χ1) is 7.59. The van der Waals surface area contributed by atoms with E-state index in [1.807, 2.05) is 0 Å². The Balaban J connectivity index is 2.29. The van der Waals surface area contributed by atoms with E-state index in [1.54, 1.807) is 0 Å². The maximum Gasteiger partial charge on any atom is 0.258 e. The van der Waals surface area contributed by atoms with Crippen LogP contribution in [0.5, 0.6) is 0 Å². The lowest BCUT2D eigenvalue weighted by Crippen LogP contribution is -2.99. The van der Waals surface area contributed by atoms with E-state index in [0.717, 1.165) is 4.90 Å². The van der Waals surface area contributed by atoms with Crippen LogP contribution in [0.15, 0.2) is 36.4 Å². The molecule has 16 heavy (non-hydrogen) atoms. The number of quaternary nitrogens is 1. The Hall–Kier alpha value is -2.02. The maximum atomic E-state index is 11.3. The van der Waals surface area contributed by atoms with E-state index in [1.165, 1.54) is 36.4 Å². The molecule has 82 valence electrons. The molecule has 1 aliphatic heterocycles. The van der Waals surface area contributed by atoms with Crippen molar-refractivity contribution in [3.05, 3.63) is 41.6 Å². The van der Waals surface area contributed by atoms with E-state index in [-0.39, 0.29) is 5.69 Å². The standard InChI is InChI=1S/C10H8N2O4/c13-9-5-6-10(14)11(9)7-1-3-8(4-2-7)12(15)16/h1-6,12,15H. The van der Waals surface area contributed by atoms with Crippen LogP contribution in [0.25, 0.3) is 0 Å². The molecule has 0 spiro atoms. The van der Waals surface area contributed by atoms with Crippen LogP contribution in [0.3, 0.4) is 0 Å². The summed E-state index contributed by atoms with van der Waals surface area (Å²) in [6, 6.07) is 5.53. The van der Waals surface area contributed by atoms with Gasteiger partial charge < -0.3 is 5.21 Å². The van der Waals surface area contributed by atoms with Gasteiger partial charge in [0, 0.05) is 24.3 Å². The third kappa shape index (κ3) is 1.72. The zero-order valence-corrected chi connectivity index (χ0v) is 8.08. The van der Waals surface area contributed by atoms with E-state index in [4.69, 9.17) is 5.21 Å². The smallest absolute Gasteiger partial charge is 0.258 e. The van der Waals surface area contributed by atoms with E-state index in [0.29, 0.717) is 5.69 Å². The number of hydrogen-bond acceptors (Lipinski definition) is 4. The summed E-state index contributed by atoms with van der Waals surface area (Å²) in [4.78, 5) is 23.6. The molecule has 6 heteroatoms. The number of hydrogen-bond donors (Lipinski definition) is 2. The first-order valence-electron chi connectivity index (χ1n) is 4.49. The van der Waals surface area contributed by atoms with Gasteiger partial charge in [-0.25, -0.2) is 10.1 Å². The predicted octanol–water partition coefficient (Wildman–Crippen LogP) is -0.481. The van der Waals surface area contributed by atoms with Crippen LogP contribution in [0.4, 0.5) is 11.4 Å². The fraction of sp³-hybridized carbons (Fsp3) is 0. The molecule has 0 fully saturated rings. The lowest BCUT2D eigenvalue weighted by Gasteiger charge is -2.15. The first kappa shape index (κ1) is 10.5. The Morgan fingerprint density at radius 1 is 1.06 bits per heavy atom. The van der Waals surface area contributed by atoms with Crippen LogP contribution < -0.4 is 10.1 Å². The molecule has 0 saturated heterocycles. The fourth-order valence-electron chi connectivity index (χ4n) is 1.41. The molecular formula is C10H8N2O4. The van der Waals surface area contributed by atoms with Crippen molar-refractivity contribution in [2.75, 3.05) is 4.90 Å². The number of rotatable bonds is 2. The molecule has 6 nitrogen and oxygen atoms in total. The largest absolute Gasteiger partial charge is 0.595 e. The quantitative estimate of drug-likeness (QED) is 0.520. The number of amides is 2. The van der Waals surface area contributed by atoms with Gasteiger partial charge >= 0.3 is 0 Å². The van der Waals surface area contributed by atoms with Gasteiger partial charge in [-0.2, -0.15) is 5.23 Å². The first-order valence-corrected chi connectivity index (χ1v) is 4.49. The summed E-state index contributed by atoms with van der Waals surface area (Å²) in [5.74, 6) is -0.846. The Bertz CT molecular complexity index is 446. The van der Waals surface area contributed by atoms with Crippen molar-refractivity contribution in [1.29, 1.82) is 0 Å². The highest BCUT2D eigenvalue weighted by atomic mass is 16.8. The number of nitrogens with zero attached hydrogens (tertiary/aromatic N) is 1. The van der Waals surface area contributed by atoms with Gasteiger partial charge in [0.25, 0.3) is 11.8 Å². The number of benzene rings is 1. The zero-order valence-electron chi connectivity index (χ0n) is 8.08. The van der Waals surface area contributed by atoms with E-state index in [2.05, 4.69) is 0 Å². The van der Waals surface area contributed by atoms with Gasteiger partial charge in [0.15, 0.2) is 5.69 Å². The molecule has 1 aromatic carbocycles. The van der Waals surface area contributed by atoms with Gasteiger partial charge in [0.05, 0.1) is 5.69 Å². The monoisotopic (exact) mass is 220 g/mol. The summed E-state index contributed by atoms with van der Waals surface area (Å²) >= 11 is 0. The third-order valence-corrected chi connectivity index (χ3v) is 2.18. The molecule has 2 N–H and O–H groups in total. The van der Waals surface area contributed by atoms with Gasteiger partial charge in [-0.15, -0.1) is 0 Å². The highest BCUT2D eigenvalue weighted by molar-refractivity contribution is 6.28. The minimum Gasteiger partial charge on any atom is -0.595 e. The van der Waals surface area contributed by atoms with E-state index >= 15 is 0 Å². The van der Waals surface area contributed by atoms with Crippen LogP contribution in [-0.2, 0) is 9.59 Å². The van der Waals surface area contributed by atoms with Crippen molar-refractivity contribution in [3.8, 4) is 0 Å². The molecule has 0 saturated carbocycles. The van der Waals surface area contributed by atoms with E-state index in [9.17, 15) is 14.8 Å². The second-order valence-corrected chi connectivity index (χ2v) is 3.20. The van der Waals surface area contributed by atoms with Gasteiger partial charge in [0.1, 0.15) is 0 Å². The predicted molar refractivity (Wildman–Crippen MR) is 53.9 cm³/mol. The van der Waals surface area contributed by atoms with E-state index < -0.39 is 17.0 Å². The van der Waals surface area contributed by atoms with Crippen molar-refractivity contribution in [2.24, 2.45) is 0 Å². The second kappa shape index (κ2) is 3.86. The van der Waals surface area contributed by atoms with Gasteiger partial charge in [0.2, 0.25) is 0 Å². The topological polar surface area (TPSA) is 85.1 Å². The molecular weight excluding hydrogens is 212 g/mol. The van der Waals surface area contributed by atoms with Gasteiger partial charge in [-0.3, -0.25) is 9.59 Å². The third-order valence-electron chi connectivity index (χ3n) is 2.18. The molecule has 0 aromatic heterocycles. The molecule has 0 bridgehead atoms. The van der Waals surface area contributed by atoms with Gasteiger partial charge in [-0.1, -0.05) is 0 Å². The van der Waals surface area contributed by atoms with Gasteiger partial charge in [-0.05, 0) is 12.1 Å². The summed E-state index contributed by atoms with van der Waals surface area (Å²) < 4.78 is 0. The molecule has 1 aliphatic rings. The Labute approximate surface area is 90.5 Å². The summed E-state index contributed by atoms with van der Waals surface area (Å²) in [6.07, 6.45) is 2.35. The number of carbonyl (C=O) groups is 2. The minimum atomic E-state index is -1.05. The van der Waals surface area contributed by atoms with Crippen molar-refractivity contribution >= 4 is 23.2 Å². The minimum absolute atomic E-state index is 0.107. The normalized spacial score (nSPS) is 17.0. The van der Waals surface area contributed by atoms with Crippen LogP contribution in [0.1, 0.15) is 0 Å². The van der Waals surface area contributed by atoms with Crippen LogP contribution in [-0.4, -0.2) is 17.0 Å². The van der Waals surface area contributed by atoms with Crippen molar-refractivity contribution in [2.45, 2.75) is 0 Å². The lowest BCUT2D eigenvalue weighted by molar-refractivity contribution is -0.991. The molecule has 1 aromatic rings. The summed E-state index contributed by atoms with van der Waals surface area (Å²) in [7, 11) is 0. The van der Waals surface area contributed by atoms with Crippen molar-refractivity contribution < 1.29 is 20.0 Å². The highest BCUT2D eigenvalue weighted by Gasteiger charge is 2.24. The molecule has 1 unspecified atom stereocenters. The summed E-state index contributed by atoms with van der Waals surface area (Å²) in [6.45, 7) is 0. The number of imide groups is 1. The SMILES string of the molecule is O=C1C=CC(=O)N1c1ccc([NH+]([O-])O)cc1. The Kier molecular flexibility index (Phi) is 2.53. The van der Waals surface area contributed by atoms with Crippen LogP contribution in [0, 0.1) is 5.21 Å². The fourth-order valence-corrected chi connectivity index (χ4v) is 1.41.